The smallest absolute Gasteiger partial charge is 0.238 e. The summed E-state index contributed by atoms with van der Waals surface area (Å²) in [5, 5.41) is 9.53. The van der Waals surface area contributed by atoms with E-state index in [-0.39, 0.29) is 4.90 Å². The van der Waals surface area contributed by atoms with Crippen LogP contribution < -0.4 is 14.9 Å². The SMILES string of the molecule is Cc1cc(N2CCN(c3ccc(S(N)(=O)=O)cc3)CC2)n2nccc2n1. The van der Waals surface area contributed by atoms with E-state index in [2.05, 4.69) is 25.9 Å². The second kappa shape index (κ2) is 6.26. The van der Waals surface area contributed by atoms with Gasteiger partial charge in [0.2, 0.25) is 10.0 Å². The van der Waals surface area contributed by atoms with Crippen molar-refractivity contribution < 1.29 is 8.42 Å². The molecule has 136 valence electrons. The van der Waals surface area contributed by atoms with Crippen molar-refractivity contribution in [1.29, 1.82) is 0 Å². The summed E-state index contributed by atoms with van der Waals surface area (Å²) in [6, 6.07) is 10.7. The number of benzene rings is 1. The summed E-state index contributed by atoms with van der Waals surface area (Å²) in [7, 11) is -3.66. The van der Waals surface area contributed by atoms with E-state index in [1.165, 1.54) is 0 Å². The van der Waals surface area contributed by atoms with Crippen LogP contribution in [-0.4, -0.2) is 49.2 Å². The average molecular weight is 372 g/mol. The molecule has 1 aliphatic heterocycles. The number of piperazine rings is 1. The van der Waals surface area contributed by atoms with Crippen LogP contribution >= 0.6 is 0 Å². The van der Waals surface area contributed by atoms with E-state index >= 15 is 0 Å². The zero-order valence-corrected chi connectivity index (χ0v) is 15.2. The summed E-state index contributed by atoms with van der Waals surface area (Å²) < 4.78 is 24.6. The van der Waals surface area contributed by atoms with E-state index in [9.17, 15) is 8.42 Å². The molecule has 8 nitrogen and oxygen atoms in total. The average Bonchev–Trinajstić information content (AvgIpc) is 3.09. The summed E-state index contributed by atoms with van der Waals surface area (Å²) in [4.78, 5) is 9.15. The van der Waals surface area contributed by atoms with Gasteiger partial charge in [0.1, 0.15) is 5.82 Å². The lowest BCUT2D eigenvalue weighted by atomic mass is 10.2. The largest absolute Gasteiger partial charge is 0.368 e. The van der Waals surface area contributed by atoms with Crippen LogP contribution in [-0.2, 0) is 10.0 Å². The molecule has 1 saturated heterocycles. The van der Waals surface area contributed by atoms with Crippen LogP contribution in [0.4, 0.5) is 11.5 Å². The third kappa shape index (κ3) is 3.11. The third-order valence-electron chi connectivity index (χ3n) is 4.60. The van der Waals surface area contributed by atoms with E-state index in [0.717, 1.165) is 49.0 Å². The van der Waals surface area contributed by atoms with E-state index in [1.807, 2.05) is 17.5 Å². The van der Waals surface area contributed by atoms with Gasteiger partial charge in [-0.3, -0.25) is 0 Å². The van der Waals surface area contributed by atoms with Gasteiger partial charge in [0.15, 0.2) is 5.65 Å². The second-order valence-electron chi connectivity index (χ2n) is 6.37. The van der Waals surface area contributed by atoms with Crippen molar-refractivity contribution in [2.24, 2.45) is 5.14 Å². The number of fused-ring (bicyclic) bond motifs is 1. The normalized spacial score (nSPS) is 15.6. The number of hydrogen-bond donors (Lipinski definition) is 1. The quantitative estimate of drug-likeness (QED) is 0.737. The van der Waals surface area contributed by atoms with E-state index in [1.54, 1.807) is 30.5 Å². The molecule has 0 aliphatic carbocycles. The molecule has 0 radical (unpaired) electrons. The van der Waals surface area contributed by atoms with Gasteiger partial charge in [0.25, 0.3) is 0 Å². The fourth-order valence-electron chi connectivity index (χ4n) is 3.28. The summed E-state index contributed by atoms with van der Waals surface area (Å²) >= 11 is 0. The standard InChI is InChI=1S/C17H20N6O2S/c1-13-12-17(23-16(20-13)6-7-19-23)22-10-8-21(9-11-22)14-2-4-15(5-3-14)26(18,24)25/h2-7,12H,8-11H2,1H3,(H2,18,24,25). The maximum atomic E-state index is 11.4. The molecule has 0 spiro atoms. The molecule has 3 heterocycles. The van der Waals surface area contributed by atoms with Crippen LogP contribution in [0, 0.1) is 6.92 Å². The highest BCUT2D eigenvalue weighted by Gasteiger charge is 2.20. The molecule has 3 aromatic rings. The highest BCUT2D eigenvalue weighted by molar-refractivity contribution is 7.89. The lowest BCUT2D eigenvalue weighted by Crippen LogP contribution is -2.47. The van der Waals surface area contributed by atoms with Crippen LogP contribution in [0.2, 0.25) is 0 Å². The van der Waals surface area contributed by atoms with Crippen LogP contribution in [0.1, 0.15) is 5.69 Å². The number of sulfonamides is 1. The molecule has 2 aromatic heterocycles. The van der Waals surface area contributed by atoms with Gasteiger partial charge in [-0.25, -0.2) is 18.5 Å². The van der Waals surface area contributed by atoms with Crippen molar-refractivity contribution in [2.45, 2.75) is 11.8 Å². The Kier molecular flexibility index (Phi) is 4.04. The number of anilines is 2. The van der Waals surface area contributed by atoms with Gasteiger partial charge in [-0.05, 0) is 31.2 Å². The molecule has 1 fully saturated rings. The van der Waals surface area contributed by atoms with Crippen LogP contribution in [0.15, 0.2) is 47.5 Å². The summed E-state index contributed by atoms with van der Waals surface area (Å²) in [6.07, 6.45) is 1.76. The zero-order chi connectivity index (χ0) is 18.3. The Balaban J connectivity index is 1.51. The van der Waals surface area contributed by atoms with Gasteiger partial charge >= 0.3 is 0 Å². The van der Waals surface area contributed by atoms with Gasteiger partial charge in [-0.2, -0.15) is 9.61 Å². The Hall–Kier alpha value is -2.65. The van der Waals surface area contributed by atoms with Crippen molar-refractivity contribution in [1.82, 2.24) is 14.6 Å². The topological polar surface area (TPSA) is 96.8 Å². The molecule has 0 bridgehead atoms. The Morgan fingerprint density at radius 1 is 1.00 bits per heavy atom. The molecule has 9 heteroatoms. The van der Waals surface area contributed by atoms with Gasteiger partial charge in [-0.1, -0.05) is 0 Å². The van der Waals surface area contributed by atoms with E-state index < -0.39 is 10.0 Å². The number of aryl methyl sites for hydroxylation is 1. The molecule has 4 rings (SSSR count). The molecule has 0 amide bonds. The Labute approximate surface area is 151 Å². The maximum absolute atomic E-state index is 11.4. The summed E-state index contributed by atoms with van der Waals surface area (Å²) in [5.74, 6) is 1.04. The molecular weight excluding hydrogens is 352 g/mol. The molecule has 26 heavy (non-hydrogen) atoms. The first-order valence-corrected chi connectivity index (χ1v) is 9.90. The Bertz CT molecular complexity index is 1040. The van der Waals surface area contributed by atoms with Crippen molar-refractivity contribution >= 4 is 27.2 Å². The first-order valence-electron chi connectivity index (χ1n) is 8.36. The number of nitrogens with zero attached hydrogens (tertiary/aromatic N) is 5. The minimum absolute atomic E-state index is 0.133. The summed E-state index contributed by atoms with van der Waals surface area (Å²) in [5.41, 5.74) is 2.81. The number of rotatable bonds is 3. The maximum Gasteiger partial charge on any atom is 0.238 e. The van der Waals surface area contributed by atoms with Crippen LogP contribution in [0.25, 0.3) is 5.65 Å². The fraction of sp³-hybridized carbons (Fsp3) is 0.294. The van der Waals surface area contributed by atoms with Gasteiger partial charge in [-0.15, -0.1) is 0 Å². The lowest BCUT2D eigenvalue weighted by molar-refractivity contribution is 0.597. The van der Waals surface area contributed by atoms with E-state index in [4.69, 9.17) is 5.14 Å². The monoisotopic (exact) mass is 372 g/mol. The first-order chi connectivity index (χ1) is 12.4. The van der Waals surface area contributed by atoms with Gasteiger partial charge in [0.05, 0.1) is 11.1 Å². The third-order valence-corrected chi connectivity index (χ3v) is 5.53. The van der Waals surface area contributed by atoms with Gasteiger partial charge in [0, 0.05) is 49.7 Å². The highest BCUT2D eigenvalue weighted by Crippen LogP contribution is 2.22. The van der Waals surface area contributed by atoms with Crippen molar-refractivity contribution in [3.8, 4) is 0 Å². The lowest BCUT2D eigenvalue weighted by Gasteiger charge is -2.37. The van der Waals surface area contributed by atoms with Gasteiger partial charge < -0.3 is 9.80 Å². The number of aromatic nitrogens is 3. The fourth-order valence-corrected chi connectivity index (χ4v) is 3.80. The number of hydrogen-bond acceptors (Lipinski definition) is 6. The predicted octanol–water partition coefficient (Wildman–Crippen LogP) is 1.01. The Morgan fingerprint density at radius 2 is 1.65 bits per heavy atom. The van der Waals surface area contributed by atoms with E-state index in [0.29, 0.717) is 0 Å². The molecule has 0 atom stereocenters. The molecule has 2 N–H and O–H groups in total. The van der Waals surface area contributed by atoms with Crippen molar-refractivity contribution in [3.05, 3.63) is 48.3 Å². The van der Waals surface area contributed by atoms with Crippen molar-refractivity contribution in [2.75, 3.05) is 36.0 Å². The van der Waals surface area contributed by atoms with Crippen molar-refractivity contribution in [3.63, 3.8) is 0 Å². The molecule has 1 aromatic carbocycles. The Morgan fingerprint density at radius 3 is 2.31 bits per heavy atom. The second-order valence-corrected chi connectivity index (χ2v) is 7.93. The predicted molar refractivity (Wildman–Crippen MR) is 100.0 cm³/mol. The van der Waals surface area contributed by atoms with Crippen LogP contribution in [0.5, 0.6) is 0 Å². The number of primary sulfonamides is 1. The number of nitrogens with two attached hydrogens (primary N) is 1. The minimum Gasteiger partial charge on any atom is -0.368 e. The minimum atomic E-state index is -3.66. The molecular formula is C17H20N6O2S. The highest BCUT2D eigenvalue weighted by atomic mass is 32.2. The zero-order valence-electron chi connectivity index (χ0n) is 14.4. The molecule has 1 aliphatic rings. The molecule has 0 saturated carbocycles. The van der Waals surface area contributed by atoms with Crippen LogP contribution in [0.3, 0.4) is 0 Å². The molecule has 0 unspecified atom stereocenters. The first kappa shape index (κ1) is 16.8. The summed E-state index contributed by atoms with van der Waals surface area (Å²) in [6.45, 7) is 5.34.